The first-order chi connectivity index (χ1) is 18.8. The molecule has 0 unspecified atom stereocenters. The summed E-state index contributed by atoms with van der Waals surface area (Å²) in [6.07, 6.45) is 6.24. The second kappa shape index (κ2) is 13.4. The predicted molar refractivity (Wildman–Crippen MR) is 160 cm³/mol. The number of pyridine rings is 1. The number of nitrogens with one attached hydrogen (secondary N) is 3. The Bertz CT molecular complexity index is 1260. The average molecular weight is 551 g/mol. The van der Waals surface area contributed by atoms with Crippen LogP contribution < -0.4 is 21.8 Å². The topological polar surface area (TPSA) is 129 Å². The Balaban J connectivity index is 1.63. The van der Waals surface area contributed by atoms with Crippen molar-refractivity contribution in [1.29, 1.82) is 0 Å². The Morgan fingerprint density at radius 3 is 2.58 bits per heavy atom. The lowest BCUT2D eigenvalue weighted by molar-refractivity contribution is -0.133. The largest absolute Gasteiger partial charge is 0.368 e. The number of nitrogens with two attached hydrogens (primary N) is 1. The second-order valence-corrected chi connectivity index (χ2v) is 11.9. The Morgan fingerprint density at radius 1 is 1.20 bits per heavy atom. The van der Waals surface area contributed by atoms with Gasteiger partial charge in [-0.05, 0) is 76.1 Å². The van der Waals surface area contributed by atoms with Crippen LogP contribution in [0.3, 0.4) is 0 Å². The maximum Gasteiger partial charge on any atom is 0.243 e. The molecule has 1 aromatic heterocycles. The van der Waals surface area contributed by atoms with Gasteiger partial charge in [-0.1, -0.05) is 45.1 Å². The molecule has 40 heavy (non-hydrogen) atoms. The van der Waals surface area contributed by atoms with E-state index in [-0.39, 0.29) is 29.7 Å². The second-order valence-electron chi connectivity index (χ2n) is 11.9. The number of benzene rings is 1. The Kier molecular flexibility index (Phi) is 10.4. The molecular formula is C31H46N6O3. The molecule has 2 aromatic rings. The molecule has 2 heterocycles. The van der Waals surface area contributed by atoms with Crippen LogP contribution in [-0.2, 0) is 20.8 Å². The van der Waals surface area contributed by atoms with Crippen molar-refractivity contribution in [2.45, 2.75) is 85.9 Å². The number of hydrogen-bond acceptors (Lipinski definition) is 6. The van der Waals surface area contributed by atoms with Crippen molar-refractivity contribution in [2.75, 3.05) is 13.1 Å². The summed E-state index contributed by atoms with van der Waals surface area (Å²) in [6.45, 7) is 14.9. The molecule has 0 bridgehead atoms. The van der Waals surface area contributed by atoms with Crippen molar-refractivity contribution in [3.63, 3.8) is 0 Å². The summed E-state index contributed by atoms with van der Waals surface area (Å²) < 4.78 is 0. The minimum Gasteiger partial charge on any atom is -0.368 e. The maximum absolute atomic E-state index is 13.3. The molecule has 1 aliphatic rings. The van der Waals surface area contributed by atoms with E-state index in [1.54, 1.807) is 0 Å². The number of aromatic nitrogens is 1. The third-order valence-corrected chi connectivity index (χ3v) is 7.47. The van der Waals surface area contributed by atoms with Gasteiger partial charge in [0.2, 0.25) is 17.7 Å². The zero-order valence-electron chi connectivity index (χ0n) is 25.0. The fraction of sp³-hybridized carbons (Fsp3) is 0.548. The van der Waals surface area contributed by atoms with Crippen LogP contribution in [0.2, 0.25) is 0 Å². The molecule has 0 spiro atoms. The lowest BCUT2D eigenvalue weighted by Crippen LogP contribution is -2.59. The summed E-state index contributed by atoms with van der Waals surface area (Å²) in [7, 11) is 0. The van der Waals surface area contributed by atoms with Gasteiger partial charge in [0, 0.05) is 30.2 Å². The van der Waals surface area contributed by atoms with Crippen LogP contribution in [0.5, 0.6) is 0 Å². The van der Waals surface area contributed by atoms with Gasteiger partial charge in [-0.25, -0.2) is 10.4 Å². The molecule has 1 saturated heterocycles. The lowest BCUT2D eigenvalue weighted by atomic mass is 9.89. The van der Waals surface area contributed by atoms with Gasteiger partial charge in [0.1, 0.15) is 6.04 Å². The predicted octanol–water partition coefficient (Wildman–Crippen LogP) is 3.24. The van der Waals surface area contributed by atoms with Crippen LogP contribution in [0.25, 0.3) is 17.0 Å². The van der Waals surface area contributed by atoms with E-state index in [1.807, 2.05) is 63.9 Å². The van der Waals surface area contributed by atoms with Crippen LogP contribution in [0.15, 0.2) is 30.3 Å². The Hall–Kier alpha value is -3.30. The Labute approximate surface area is 238 Å². The highest BCUT2D eigenvalue weighted by Gasteiger charge is 2.32. The number of hydrogen-bond donors (Lipinski definition) is 4. The quantitative estimate of drug-likeness (QED) is 0.340. The molecule has 218 valence electrons. The van der Waals surface area contributed by atoms with Gasteiger partial charge in [-0.2, -0.15) is 0 Å². The van der Waals surface area contributed by atoms with Gasteiger partial charge < -0.3 is 16.4 Å². The summed E-state index contributed by atoms with van der Waals surface area (Å²) in [5.41, 5.74) is 11.9. The number of primary amides is 1. The van der Waals surface area contributed by atoms with Crippen LogP contribution in [0.4, 0.5) is 0 Å². The summed E-state index contributed by atoms with van der Waals surface area (Å²) in [5, 5.41) is 9.01. The number of carbonyl (C=O) groups is 3. The van der Waals surface area contributed by atoms with E-state index >= 15 is 0 Å². The zero-order valence-corrected chi connectivity index (χ0v) is 25.0. The fourth-order valence-corrected chi connectivity index (χ4v) is 4.93. The minimum absolute atomic E-state index is 0.105. The molecule has 0 saturated carbocycles. The zero-order chi connectivity index (χ0) is 29.6. The number of amides is 3. The summed E-state index contributed by atoms with van der Waals surface area (Å²) >= 11 is 0. The van der Waals surface area contributed by atoms with Gasteiger partial charge in [-0.3, -0.25) is 19.4 Å². The number of hydrazine groups is 1. The number of nitrogens with zero attached hydrogens (tertiary/aromatic N) is 2. The van der Waals surface area contributed by atoms with E-state index in [0.29, 0.717) is 13.0 Å². The van der Waals surface area contributed by atoms with Crippen molar-refractivity contribution >= 4 is 34.7 Å². The fourth-order valence-electron chi connectivity index (χ4n) is 4.93. The highest BCUT2D eigenvalue weighted by atomic mass is 16.2. The van der Waals surface area contributed by atoms with Crippen LogP contribution in [0.1, 0.15) is 71.2 Å². The van der Waals surface area contributed by atoms with Crippen LogP contribution in [-0.4, -0.2) is 58.9 Å². The smallest absolute Gasteiger partial charge is 0.243 e. The molecule has 1 aromatic carbocycles. The van der Waals surface area contributed by atoms with Crippen molar-refractivity contribution in [2.24, 2.45) is 17.1 Å². The summed E-state index contributed by atoms with van der Waals surface area (Å²) in [4.78, 5) is 42.9. The third kappa shape index (κ3) is 8.11. The van der Waals surface area contributed by atoms with Gasteiger partial charge in [-0.15, -0.1) is 0 Å². The molecular weight excluding hydrogens is 504 g/mol. The Morgan fingerprint density at radius 2 is 1.93 bits per heavy atom. The highest BCUT2D eigenvalue weighted by molar-refractivity contribution is 5.91. The standard InChI is InChI=1S/C31H46N6O3/c1-8-24-20(4)16-23-12-11-22(17-26(23)34-24)13-14-31(6,7)30(40)35-27(19(2)3)29(39)33-21(5)18-37-15-9-10-25(36-37)28(32)38/h11-14,16-17,19,21,25,27,36H,8-10,15,18H2,1-7H3,(H2,32,38)(H,33,39)(H,35,40)/b14-13+/t21-,25-,27-/m0/s1. The molecule has 3 amide bonds. The van der Waals surface area contributed by atoms with Gasteiger partial charge in [0.15, 0.2) is 0 Å². The van der Waals surface area contributed by atoms with Crippen molar-refractivity contribution in [3.8, 4) is 0 Å². The lowest BCUT2D eigenvalue weighted by Gasteiger charge is -2.34. The summed E-state index contributed by atoms with van der Waals surface area (Å²) in [5.74, 6) is -0.943. The number of fused-ring (bicyclic) bond motifs is 1. The molecule has 5 N–H and O–H groups in total. The van der Waals surface area contributed by atoms with Crippen LogP contribution in [0, 0.1) is 18.3 Å². The minimum atomic E-state index is -0.842. The highest BCUT2D eigenvalue weighted by Crippen LogP contribution is 2.23. The molecule has 0 radical (unpaired) electrons. The van der Waals surface area contributed by atoms with Crippen molar-refractivity contribution in [3.05, 3.63) is 47.2 Å². The first kappa shape index (κ1) is 31.2. The molecule has 1 fully saturated rings. The van der Waals surface area contributed by atoms with Crippen molar-refractivity contribution in [1.82, 2.24) is 26.1 Å². The average Bonchev–Trinajstić information content (AvgIpc) is 2.89. The molecule has 9 nitrogen and oxygen atoms in total. The van der Waals surface area contributed by atoms with E-state index < -0.39 is 17.5 Å². The first-order valence-corrected chi connectivity index (χ1v) is 14.3. The molecule has 0 aliphatic carbocycles. The van der Waals surface area contributed by atoms with Crippen molar-refractivity contribution < 1.29 is 14.4 Å². The van der Waals surface area contributed by atoms with E-state index in [9.17, 15) is 14.4 Å². The van der Waals surface area contributed by atoms with Crippen LogP contribution >= 0.6 is 0 Å². The molecule has 3 rings (SSSR count). The molecule has 9 heteroatoms. The summed E-state index contributed by atoms with van der Waals surface area (Å²) in [6, 6.07) is 6.99. The van der Waals surface area contributed by atoms with E-state index in [4.69, 9.17) is 10.7 Å². The monoisotopic (exact) mass is 550 g/mol. The van der Waals surface area contributed by atoms with E-state index in [2.05, 4.69) is 42.0 Å². The molecule has 1 aliphatic heterocycles. The molecule has 3 atom stereocenters. The van der Waals surface area contributed by atoms with Gasteiger partial charge >= 0.3 is 0 Å². The van der Waals surface area contributed by atoms with E-state index in [0.717, 1.165) is 41.5 Å². The third-order valence-electron chi connectivity index (χ3n) is 7.47. The maximum atomic E-state index is 13.3. The van der Waals surface area contributed by atoms with E-state index in [1.165, 1.54) is 5.56 Å². The first-order valence-electron chi connectivity index (χ1n) is 14.3. The number of aryl methyl sites for hydroxylation is 2. The van der Waals surface area contributed by atoms with Gasteiger partial charge in [0.05, 0.1) is 17.0 Å². The normalized spacial score (nSPS) is 18.1. The SMILES string of the molecule is CCc1nc2cc(/C=C/C(C)(C)C(=O)N[C@H](C(=O)N[C@@H](C)CN3CCC[C@@H](C(N)=O)N3)C(C)C)ccc2cc1C. The van der Waals surface area contributed by atoms with Gasteiger partial charge in [0.25, 0.3) is 0 Å². The number of carbonyl (C=O) groups excluding carboxylic acids is 3. The number of rotatable bonds is 11.